The van der Waals surface area contributed by atoms with Gasteiger partial charge in [0.25, 0.3) is 0 Å². The smallest absolute Gasteiger partial charge is 0.307 e. The third-order valence-corrected chi connectivity index (χ3v) is 3.53. The minimum absolute atomic E-state index is 0.0141. The summed E-state index contributed by atoms with van der Waals surface area (Å²) in [4.78, 5) is 35.6. The van der Waals surface area contributed by atoms with Crippen LogP contribution in [0.5, 0.6) is 0 Å². The summed E-state index contributed by atoms with van der Waals surface area (Å²) in [6.07, 6.45) is 3.66. The van der Waals surface area contributed by atoms with Crippen LogP contribution in [0.1, 0.15) is 38.2 Å². The summed E-state index contributed by atoms with van der Waals surface area (Å²) in [6.45, 7) is 5.62. The van der Waals surface area contributed by atoms with Gasteiger partial charge < -0.3 is 21.2 Å². The van der Waals surface area contributed by atoms with E-state index in [1.807, 2.05) is 0 Å². The summed E-state index contributed by atoms with van der Waals surface area (Å²) in [5, 5.41) is 8.86. The van der Waals surface area contributed by atoms with E-state index >= 15 is 0 Å². The van der Waals surface area contributed by atoms with E-state index in [4.69, 9.17) is 10.6 Å². The number of nitrogens with two attached hydrogens (primary N) is 1. The van der Waals surface area contributed by atoms with Crippen molar-refractivity contribution in [2.24, 2.45) is 10.9 Å². The van der Waals surface area contributed by atoms with Gasteiger partial charge in [-0.05, 0) is 31.0 Å². The molecule has 0 fully saturated rings. The first-order chi connectivity index (χ1) is 13.0. The number of ether oxygens (including phenoxy) is 1. The standard InChI is InChI=1S/C19H26N4O4/c1-3-5-16(12-19(26)27-4-2)23-18(25)11-10-17(24)22-15-8-6-14(7-9-15)13-21-20/h3,6-9,13,16H,1,4-5,10-12,20H2,2H3,(H,22,24)(H,23,25). The number of hydrazone groups is 1. The van der Waals surface area contributed by atoms with E-state index in [0.717, 1.165) is 5.56 Å². The number of anilines is 1. The molecule has 8 heteroatoms. The molecule has 2 amide bonds. The monoisotopic (exact) mass is 374 g/mol. The van der Waals surface area contributed by atoms with Crippen molar-refractivity contribution in [3.8, 4) is 0 Å². The van der Waals surface area contributed by atoms with Crippen molar-refractivity contribution in [1.29, 1.82) is 0 Å². The van der Waals surface area contributed by atoms with Crippen LogP contribution in [0.25, 0.3) is 0 Å². The second kappa shape index (κ2) is 12.2. The topological polar surface area (TPSA) is 123 Å². The molecule has 1 unspecified atom stereocenters. The Morgan fingerprint density at radius 2 is 1.89 bits per heavy atom. The number of esters is 1. The molecule has 27 heavy (non-hydrogen) atoms. The van der Waals surface area contributed by atoms with Crippen LogP contribution in [0, 0.1) is 0 Å². The van der Waals surface area contributed by atoms with Crippen molar-refractivity contribution in [3.05, 3.63) is 42.5 Å². The molecule has 4 N–H and O–H groups in total. The minimum Gasteiger partial charge on any atom is -0.466 e. The third kappa shape index (κ3) is 9.20. The molecule has 1 rings (SSSR count). The van der Waals surface area contributed by atoms with Crippen LogP contribution in [0.3, 0.4) is 0 Å². The highest BCUT2D eigenvalue weighted by Crippen LogP contribution is 2.09. The van der Waals surface area contributed by atoms with Gasteiger partial charge in [-0.2, -0.15) is 5.10 Å². The van der Waals surface area contributed by atoms with E-state index in [1.54, 1.807) is 37.3 Å². The van der Waals surface area contributed by atoms with Crippen molar-refractivity contribution < 1.29 is 19.1 Å². The molecule has 0 aliphatic carbocycles. The number of carbonyl (C=O) groups is 3. The van der Waals surface area contributed by atoms with Gasteiger partial charge >= 0.3 is 5.97 Å². The summed E-state index contributed by atoms with van der Waals surface area (Å²) in [5.74, 6) is 4.10. The van der Waals surface area contributed by atoms with Crippen LogP contribution in [0.15, 0.2) is 42.0 Å². The van der Waals surface area contributed by atoms with E-state index in [9.17, 15) is 14.4 Å². The lowest BCUT2D eigenvalue weighted by molar-refractivity contribution is -0.143. The molecule has 0 heterocycles. The molecule has 0 radical (unpaired) electrons. The summed E-state index contributed by atoms with van der Waals surface area (Å²) in [5.41, 5.74) is 1.42. The predicted octanol–water partition coefficient (Wildman–Crippen LogP) is 1.71. The highest BCUT2D eigenvalue weighted by molar-refractivity contribution is 5.93. The highest BCUT2D eigenvalue weighted by Gasteiger charge is 2.16. The maximum atomic E-state index is 12.0. The first-order valence-corrected chi connectivity index (χ1v) is 8.67. The Morgan fingerprint density at radius 3 is 2.48 bits per heavy atom. The molecule has 8 nitrogen and oxygen atoms in total. The molecule has 0 spiro atoms. The summed E-state index contributed by atoms with van der Waals surface area (Å²) >= 11 is 0. The van der Waals surface area contributed by atoms with Crippen LogP contribution in [-0.2, 0) is 19.1 Å². The molecular formula is C19H26N4O4. The van der Waals surface area contributed by atoms with Gasteiger partial charge in [0, 0.05) is 24.6 Å². The first-order valence-electron chi connectivity index (χ1n) is 8.67. The molecule has 0 aliphatic rings. The second-order valence-electron chi connectivity index (χ2n) is 5.75. The lowest BCUT2D eigenvalue weighted by atomic mass is 10.1. The number of nitrogens with one attached hydrogen (secondary N) is 2. The van der Waals surface area contributed by atoms with Gasteiger partial charge in [-0.15, -0.1) is 6.58 Å². The van der Waals surface area contributed by atoms with E-state index in [1.165, 1.54) is 6.21 Å². The normalized spacial score (nSPS) is 11.6. The molecule has 0 saturated carbocycles. The zero-order valence-corrected chi connectivity index (χ0v) is 15.4. The largest absolute Gasteiger partial charge is 0.466 e. The van der Waals surface area contributed by atoms with Crippen LogP contribution in [-0.4, -0.2) is 36.6 Å². The summed E-state index contributed by atoms with van der Waals surface area (Å²) < 4.78 is 4.88. The third-order valence-electron chi connectivity index (χ3n) is 3.53. The molecular weight excluding hydrogens is 348 g/mol. The van der Waals surface area contributed by atoms with E-state index < -0.39 is 6.04 Å². The molecule has 0 saturated heterocycles. The summed E-state index contributed by atoms with van der Waals surface area (Å²) in [7, 11) is 0. The van der Waals surface area contributed by atoms with Crippen LogP contribution in [0.4, 0.5) is 5.69 Å². The molecule has 0 bridgehead atoms. The number of amides is 2. The van der Waals surface area contributed by atoms with Gasteiger partial charge in [0.05, 0.1) is 19.2 Å². The Labute approximate surface area is 158 Å². The van der Waals surface area contributed by atoms with Crippen molar-refractivity contribution in [2.75, 3.05) is 11.9 Å². The van der Waals surface area contributed by atoms with Crippen LogP contribution >= 0.6 is 0 Å². The number of carbonyl (C=O) groups excluding carboxylic acids is 3. The molecule has 1 atom stereocenters. The van der Waals surface area contributed by atoms with E-state index in [2.05, 4.69) is 22.3 Å². The van der Waals surface area contributed by atoms with E-state index in [0.29, 0.717) is 12.1 Å². The maximum Gasteiger partial charge on any atom is 0.307 e. The summed E-state index contributed by atoms with van der Waals surface area (Å²) in [6, 6.07) is 6.55. The quantitative estimate of drug-likeness (QED) is 0.179. The van der Waals surface area contributed by atoms with Crippen LogP contribution in [0.2, 0.25) is 0 Å². The number of hydrogen-bond acceptors (Lipinski definition) is 6. The Hall–Kier alpha value is -3.16. The average molecular weight is 374 g/mol. The molecule has 1 aromatic carbocycles. The molecule has 1 aromatic rings. The fourth-order valence-corrected chi connectivity index (χ4v) is 2.30. The van der Waals surface area contributed by atoms with Crippen LogP contribution < -0.4 is 16.5 Å². The highest BCUT2D eigenvalue weighted by atomic mass is 16.5. The lowest BCUT2D eigenvalue weighted by Gasteiger charge is -2.16. The average Bonchev–Trinajstić information content (AvgIpc) is 2.62. The van der Waals surface area contributed by atoms with Gasteiger partial charge in [0.2, 0.25) is 11.8 Å². The molecule has 0 aliphatic heterocycles. The van der Waals surface area contributed by atoms with Gasteiger partial charge in [0.1, 0.15) is 0 Å². The number of nitrogens with zero attached hydrogens (tertiary/aromatic N) is 1. The lowest BCUT2D eigenvalue weighted by Crippen LogP contribution is -2.36. The number of rotatable bonds is 11. The Morgan fingerprint density at radius 1 is 1.22 bits per heavy atom. The fourth-order valence-electron chi connectivity index (χ4n) is 2.30. The van der Waals surface area contributed by atoms with Gasteiger partial charge in [-0.25, -0.2) is 0 Å². The Kier molecular flexibility index (Phi) is 9.92. The van der Waals surface area contributed by atoms with Gasteiger partial charge in [0.15, 0.2) is 0 Å². The molecule has 146 valence electrons. The zero-order valence-electron chi connectivity index (χ0n) is 15.4. The first kappa shape index (κ1) is 21.9. The SMILES string of the molecule is C=CCC(CC(=O)OCC)NC(=O)CCC(=O)Nc1ccc(C=NN)cc1. The zero-order chi connectivity index (χ0) is 20.1. The van der Waals surface area contributed by atoms with Crippen molar-refractivity contribution in [3.63, 3.8) is 0 Å². The maximum absolute atomic E-state index is 12.0. The van der Waals surface area contributed by atoms with E-state index in [-0.39, 0.29) is 43.7 Å². The molecule has 0 aromatic heterocycles. The Balaban J connectivity index is 2.43. The van der Waals surface area contributed by atoms with Crippen molar-refractivity contribution in [1.82, 2.24) is 5.32 Å². The predicted molar refractivity (Wildman–Crippen MR) is 104 cm³/mol. The minimum atomic E-state index is -0.395. The van der Waals surface area contributed by atoms with Crippen molar-refractivity contribution in [2.45, 2.75) is 38.6 Å². The number of hydrogen-bond donors (Lipinski definition) is 3. The van der Waals surface area contributed by atoms with Gasteiger partial charge in [-0.1, -0.05) is 18.2 Å². The number of benzene rings is 1. The second-order valence-corrected chi connectivity index (χ2v) is 5.75. The Bertz CT molecular complexity index is 671. The van der Waals surface area contributed by atoms with Gasteiger partial charge in [-0.3, -0.25) is 14.4 Å². The van der Waals surface area contributed by atoms with Crippen molar-refractivity contribution >= 4 is 29.7 Å². The fraction of sp³-hybridized carbons (Fsp3) is 0.368.